The van der Waals surface area contributed by atoms with E-state index in [0.29, 0.717) is 17.5 Å². The van der Waals surface area contributed by atoms with Gasteiger partial charge < -0.3 is 0 Å². The van der Waals surface area contributed by atoms with Crippen LogP contribution in [0.5, 0.6) is 0 Å². The van der Waals surface area contributed by atoms with Crippen molar-refractivity contribution in [2.45, 2.75) is 26.2 Å². The van der Waals surface area contributed by atoms with Crippen molar-refractivity contribution in [1.29, 1.82) is 0 Å². The molecule has 1 aliphatic carbocycles. The van der Waals surface area contributed by atoms with Crippen LogP contribution in [0.3, 0.4) is 0 Å². The van der Waals surface area contributed by atoms with E-state index in [-0.39, 0.29) is 5.41 Å². The van der Waals surface area contributed by atoms with E-state index in [4.69, 9.17) is 15.0 Å². The molecule has 0 unspecified atom stereocenters. The molecule has 0 fully saturated rings. The van der Waals surface area contributed by atoms with Crippen LogP contribution in [0.2, 0.25) is 0 Å². The number of hydrogen-bond acceptors (Lipinski definition) is 3. The van der Waals surface area contributed by atoms with Gasteiger partial charge in [0.25, 0.3) is 0 Å². The highest BCUT2D eigenvalue weighted by molar-refractivity contribution is 5.87. The summed E-state index contributed by atoms with van der Waals surface area (Å²) in [5, 5.41) is 0. The van der Waals surface area contributed by atoms with Gasteiger partial charge >= 0.3 is 0 Å². The van der Waals surface area contributed by atoms with E-state index < -0.39 is 0 Å². The molecule has 220 valence electrons. The maximum atomic E-state index is 4.96. The zero-order chi connectivity index (χ0) is 31.3. The minimum atomic E-state index is -0.00241. The van der Waals surface area contributed by atoms with Crippen LogP contribution in [0.4, 0.5) is 0 Å². The maximum absolute atomic E-state index is 4.96. The molecule has 0 amide bonds. The predicted molar refractivity (Wildman–Crippen MR) is 189 cm³/mol. The third-order valence-corrected chi connectivity index (χ3v) is 9.36. The fraction of sp³-hybridized carbons (Fsp3) is 0.0930. The van der Waals surface area contributed by atoms with Crippen molar-refractivity contribution in [2.24, 2.45) is 0 Å². The zero-order valence-corrected chi connectivity index (χ0v) is 26.2. The number of benzene rings is 6. The van der Waals surface area contributed by atoms with Gasteiger partial charge in [-0.1, -0.05) is 147 Å². The first-order valence-corrected chi connectivity index (χ1v) is 15.8. The number of rotatable bonds is 5. The van der Waals surface area contributed by atoms with E-state index in [1.54, 1.807) is 0 Å². The van der Waals surface area contributed by atoms with Gasteiger partial charge in [0.05, 0.1) is 0 Å². The minimum absolute atomic E-state index is 0.00241. The highest BCUT2D eigenvalue weighted by Crippen LogP contribution is 2.49. The van der Waals surface area contributed by atoms with Gasteiger partial charge in [-0.2, -0.15) is 0 Å². The Kier molecular flexibility index (Phi) is 6.69. The summed E-state index contributed by atoms with van der Waals surface area (Å²) in [6.45, 7) is 6.88. The van der Waals surface area contributed by atoms with Gasteiger partial charge in [0.1, 0.15) is 0 Å². The third-order valence-electron chi connectivity index (χ3n) is 9.36. The number of nitrogens with zero attached hydrogens (tertiary/aromatic N) is 3. The second kappa shape index (κ2) is 11.0. The number of hydrogen-bond donors (Lipinski definition) is 0. The Morgan fingerprint density at radius 1 is 0.370 bits per heavy atom. The van der Waals surface area contributed by atoms with Gasteiger partial charge in [0.2, 0.25) is 0 Å². The van der Waals surface area contributed by atoms with Crippen molar-refractivity contribution < 1.29 is 0 Å². The summed E-state index contributed by atoms with van der Waals surface area (Å²) in [5.74, 6) is 1.98. The molecule has 46 heavy (non-hydrogen) atoms. The lowest BCUT2D eigenvalue weighted by Crippen LogP contribution is -2.14. The third kappa shape index (κ3) is 4.72. The van der Waals surface area contributed by atoms with Crippen molar-refractivity contribution in [3.8, 4) is 67.5 Å². The molecule has 1 aliphatic rings. The maximum Gasteiger partial charge on any atom is 0.164 e. The summed E-state index contributed by atoms with van der Waals surface area (Å²) in [4.78, 5) is 14.8. The molecular weight excluding hydrogens is 558 g/mol. The largest absolute Gasteiger partial charge is 0.208 e. The number of aromatic nitrogens is 3. The quantitative estimate of drug-likeness (QED) is 0.200. The Labute approximate surface area is 270 Å². The Balaban J connectivity index is 1.21. The van der Waals surface area contributed by atoms with E-state index in [9.17, 15) is 0 Å². The molecule has 0 aliphatic heterocycles. The fourth-order valence-electron chi connectivity index (χ4n) is 6.91. The van der Waals surface area contributed by atoms with Crippen LogP contribution >= 0.6 is 0 Å². The summed E-state index contributed by atoms with van der Waals surface area (Å²) in [6, 6.07) is 51.2. The Hall–Kier alpha value is -5.67. The van der Waals surface area contributed by atoms with Crippen molar-refractivity contribution in [3.05, 3.63) is 162 Å². The lowest BCUT2D eigenvalue weighted by molar-refractivity contribution is 0.660. The summed E-state index contributed by atoms with van der Waals surface area (Å²) in [7, 11) is 0. The van der Waals surface area contributed by atoms with Gasteiger partial charge in [0, 0.05) is 22.1 Å². The number of fused-ring (bicyclic) bond motifs is 3. The summed E-state index contributed by atoms with van der Waals surface area (Å²) >= 11 is 0. The molecule has 0 spiro atoms. The molecule has 0 radical (unpaired) electrons. The first kappa shape index (κ1) is 27.8. The van der Waals surface area contributed by atoms with Crippen molar-refractivity contribution in [2.75, 3.05) is 0 Å². The standard InChI is InChI=1S/C43H33N3/c1-28-34(21-13-22-35(28)32-24-25-39-37(27-32)36-20-10-11-23-38(36)43(39,2)3)31-18-12-19-33(26-31)42-45-40(29-14-6-4-7-15-29)44-41(46-42)30-16-8-5-9-17-30/h4-27H,1-3H3. The molecule has 3 nitrogen and oxygen atoms in total. The highest BCUT2D eigenvalue weighted by Gasteiger charge is 2.35. The minimum Gasteiger partial charge on any atom is -0.208 e. The van der Waals surface area contributed by atoms with Crippen LogP contribution < -0.4 is 0 Å². The van der Waals surface area contributed by atoms with Crippen molar-refractivity contribution in [3.63, 3.8) is 0 Å². The molecule has 3 heteroatoms. The second-order valence-electron chi connectivity index (χ2n) is 12.5. The molecule has 0 saturated heterocycles. The van der Waals surface area contributed by atoms with Crippen molar-refractivity contribution >= 4 is 0 Å². The predicted octanol–water partition coefficient (Wildman–Crippen LogP) is 10.8. The molecule has 1 heterocycles. The zero-order valence-electron chi connectivity index (χ0n) is 26.2. The second-order valence-corrected chi connectivity index (χ2v) is 12.5. The first-order valence-electron chi connectivity index (χ1n) is 15.8. The van der Waals surface area contributed by atoms with Gasteiger partial charge in [-0.15, -0.1) is 0 Å². The van der Waals surface area contributed by atoms with Crippen LogP contribution in [0, 0.1) is 6.92 Å². The summed E-state index contributed by atoms with van der Waals surface area (Å²) in [5.41, 5.74) is 14.4. The van der Waals surface area contributed by atoms with Crippen LogP contribution in [0.25, 0.3) is 67.5 Å². The highest BCUT2D eigenvalue weighted by atomic mass is 15.0. The topological polar surface area (TPSA) is 38.7 Å². The Morgan fingerprint density at radius 2 is 0.826 bits per heavy atom. The lowest BCUT2D eigenvalue weighted by Gasteiger charge is -2.21. The average Bonchev–Trinajstić information content (AvgIpc) is 3.34. The lowest BCUT2D eigenvalue weighted by atomic mass is 9.82. The summed E-state index contributed by atoms with van der Waals surface area (Å²) < 4.78 is 0. The van der Waals surface area contributed by atoms with Crippen LogP contribution in [-0.4, -0.2) is 15.0 Å². The fourth-order valence-corrected chi connectivity index (χ4v) is 6.91. The molecule has 6 aromatic carbocycles. The molecule has 8 rings (SSSR count). The van der Waals surface area contributed by atoms with E-state index in [2.05, 4.69) is 106 Å². The first-order chi connectivity index (χ1) is 22.5. The molecule has 0 atom stereocenters. The van der Waals surface area contributed by atoms with E-state index in [1.807, 2.05) is 60.7 Å². The SMILES string of the molecule is Cc1c(-c2cccc(-c3nc(-c4ccccc4)nc(-c4ccccc4)n3)c2)cccc1-c1ccc2c(c1)-c1ccccc1C2(C)C. The monoisotopic (exact) mass is 591 g/mol. The molecule has 0 saturated carbocycles. The van der Waals surface area contributed by atoms with Crippen LogP contribution in [-0.2, 0) is 5.41 Å². The molecule has 7 aromatic rings. The van der Waals surface area contributed by atoms with Crippen LogP contribution in [0.15, 0.2) is 146 Å². The van der Waals surface area contributed by atoms with Gasteiger partial charge in [0.15, 0.2) is 17.5 Å². The van der Waals surface area contributed by atoms with Gasteiger partial charge in [-0.3, -0.25) is 0 Å². The molecule has 1 aromatic heterocycles. The average molecular weight is 592 g/mol. The van der Waals surface area contributed by atoms with Crippen molar-refractivity contribution in [1.82, 2.24) is 15.0 Å². The Morgan fingerprint density at radius 3 is 1.48 bits per heavy atom. The smallest absolute Gasteiger partial charge is 0.164 e. The molecular formula is C43H33N3. The summed E-state index contributed by atoms with van der Waals surface area (Å²) in [6.07, 6.45) is 0. The van der Waals surface area contributed by atoms with Gasteiger partial charge in [-0.05, 0) is 69.1 Å². The van der Waals surface area contributed by atoms with Gasteiger partial charge in [-0.25, -0.2) is 15.0 Å². The van der Waals surface area contributed by atoms with E-state index >= 15 is 0 Å². The van der Waals surface area contributed by atoms with Crippen LogP contribution in [0.1, 0.15) is 30.5 Å². The Bertz CT molecular complexity index is 2180. The molecule has 0 bridgehead atoms. The normalized spacial score (nSPS) is 12.8. The van der Waals surface area contributed by atoms with E-state index in [1.165, 1.54) is 44.5 Å². The van der Waals surface area contributed by atoms with E-state index in [0.717, 1.165) is 22.3 Å². The molecule has 0 N–H and O–H groups in total.